The number of ether oxygens (including phenoxy) is 1. The van der Waals surface area contributed by atoms with Crippen LogP contribution in [0, 0.1) is 0 Å². The van der Waals surface area contributed by atoms with E-state index in [1.54, 1.807) is 17.0 Å². The van der Waals surface area contributed by atoms with Crippen molar-refractivity contribution >= 4 is 15.7 Å². The van der Waals surface area contributed by atoms with Gasteiger partial charge in [0.1, 0.15) is 28.0 Å². The lowest BCUT2D eigenvalue weighted by Crippen LogP contribution is -2.49. The van der Waals surface area contributed by atoms with Crippen LogP contribution < -0.4 is 4.74 Å². The van der Waals surface area contributed by atoms with Crippen molar-refractivity contribution in [3.63, 3.8) is 0 Å². The predicted molar refractivity (Wildman–Crippen MR) is 114 cm³/mol. The van der Waals surface area contributed by atoms with E-state index in [0.29, 0.717) is 44.2 Å². The summed E-state index contributed by atoms with van der Waals surface area (Å²) < 4.78 is 34.2. The fourth-order valence-corrected chi connectivity index (χ4v) is 4.58. The summed E-state index contributed by atoms with van der Waals surface area (Å²) in [5.41, 5.74) is 2.77. The molecule has 2 heterocycles. The number of furan rings is 1. The Morgan fingerprint density at radius 1 is 1.07 bits per heavy atom. The van der Waals surface area contributed by atoms with Crippen LogP contribution in [0.5, 0.6) is 5.75 Å². The maximum Gasteiger partial charge on any atom is 0.289 e. The van der Waals surface area contributed by atoms with Crippen LogP contribution in [-0.2, 0) is 29.3 Å². The highest BCUT2D eigenvalue weighted by Crippen LogP contribution is 2.26. The average molecular weight is 433 g/mol. The number of aryl methyl sites for hydroxylation is 2. The fourth-order valence-electron chi connectivity index (χ4n) is 3.99. The molecule has 1 aliphatic heterocycles. The molecule has 0 spiro atoms. The van der Waals surface area contributed by atoms with E-state index < -0.39 is 9.84 Å². The summed E-state index contributed by atoms with van der Waals surface area (Å²) in [4.78, 5) is 16.5. The summed E-state index contributed by atoms with van der Waals surface area (Å²) in [5.74, 6) is 1.76. The molecule has 1 amide bonds. The largest absolute Gasteiger partial charge is 0.486 e. The summed E-state index contributed by atoms with van der Waals surface area (Å²) in [6.45, 7) is 3.23. The molecule has 0 N–H and O–H groups in total. The van der Waals surface area contributed by atoms with Gasteiger partial charge in [-0.05, 0) is 54.7 Å². The van der Waals surface area contributed by atoms with Gasteiger partial charge in [-0.3, -0.25) is 9.69 Å². The van der Waals surface area contributed by atoms with Gasteiger partial charge in [0, 0.05) is 39.0 Å². The lowest BCUT2D eigenvalue weighted by atomic mass is 10.1. The quantitative estimate of drug-likeness (QED) is 0.667. The van der Waals surface area contributed by atoms with E-state index in [0.717, 1.165) is 18.6 Å². The predicted octanol–water partition coefficient (Wildman–Crippen LogP) is 2.15. The van der Waals surface area contributed by atoms with Crippen LogP contribution in [0.25, 0.3) is 0 Å². The molecule has 7 nitrogen and oxygen atoms in total. The Kier molecular flexibility index (Phi) is 6.15. The van der Waals surface area contributed by atoms with Crippen molar-refractivity contribution in [2.24, 2.45) is 0 Å². The zero-order valence-corrected chi connectivity index (χ0v) is 18.1. The van der Waals surface area contributed by atoms with Crippen LogP contribution in [0.2, 0.25) is 0 Å². The lowest BCUT2D eigenvalue weighted by molar-refractivity contribution is 0.0609. The Bertz CT molecular complexity index is 1010. The Hall–Kier alpha value is -2.32. The summed E-state index contributed by atoms with van der Waals surface area (Å²) in [5, 5.41) is 0. The smallest absolute Gasteiger partial charge is 0.289 e. The second kappa shape index (κ2) is 8.81. The molecule has 4 rings (SSSR count). The molecule has 8 heteroatoms. The fraction of sp³-hybridized carbons (Fsp3) is 0.500. The molecule has 1 aromatic heterocycles. The van der Waals surface area contributed by atoms with Crippen LogP contribution in [0.1, 0.15) is 33.9 Å². The number of nitrogens with zero attached hydrogens (tertiary/aromatic N) is 2. The van der Waals surface area contributed by atoms with E-state index in [4.69, 9.17) is 9.15 Å². The topological polar surface area (TPSA) is 80.1 Å². The second-order valence-corrected chi connectivity index (χ2v) is 10.4. The lowest BCUT2D eigenvalue weighted by Gasteiger charge is -2.34. The van der Waals surface area contributed by atoms with Crippen LogP contribution in [0.15, 0.2) is 34.7 Å². The van der Waals surface area contributed by atoms with Crippen molar-refractivity contribution in [2.75, 3.05) is 44.7 Å². The highest BCUT2D eigenvalue weighted by molar-refractivity contribution is 7.90. The molecule has 0 saturated carbocycles. The first-order valence-electron chi connectivity index (χ1n) is 10.4. The standard InChI is InChI=1S/C22H28N2O5S/c1-30(26,27)14-13-23-9-11-24(12-10-23)22(25)21-8-7-20(29-21)16-28-19-6-5-17-3-2-4-18(17)15-19/h5-8,15H,2-4,9-14,16H2,1H3. The van der Waals surface area contributed by atoms with Gasteiger partial charge in [-0.2, -0.15) is 0 Å². The second-order valence-electron chi connectivity index (χ2n) is 8.10. The van der Waals surface area contributed by atoms with Crippen molar-refractivity contribution in [3.05, 3.63) is 53.0 Å². The van der Waals surface area contributed by atoms with Gasteiger partial charge >= 0.3 is 0 Å². The number of sulfone groups is 1. The number of amides is 1. The Morgan fingerprint density at radius 3 is 2.60 bits per heavy atom. The molecule has 0 atom stereocenters. The number of rotatable bonds is 7. The highest BCUT2D eigenvalue weighted by Gasteiger charge is 2.24. The summed E-state index contributed by atoms with van der Waals surface area (Å²) in [7, 11) is -2.97. The molecular formula is C22H28N2O5S. The minimum Gasteiger partial charge on any atom is -0.486 e. The maximum absolute atomic E-state index is 12.7. The number of benzene rings is 1. The summed E-state index contributed by atoms with van der Waals surface area (Å²) >= 11 is 0. The van der Waals surface area contributed by atoms with Crippen molar-refractivity contribution < 1.29 is 22.4 Å². The SMILES string of the molecule is CS(=O)(=O)CCN1CCN(C(=O)c2ccc(COc3ccc4c(c3)CCC4)o2)CC1. The molecule has 30 heavy (non-hydrogen) atoms. The maximum atomic E-state index is 12.7. The van der Waals surface area contributed by atoms with E-state index in [1.807, 2.05) is 6.07 Å². The van der Waals surface area contributed by atoms with Crippen LogP contribution in [0.3, 0.4) is 0 Å². The minimum absolute atomic E-state index is 0.137. The molecule has 1 aromatic carbocycles. The van der Waals surface area contributed by atoms with Crippen LogP contribution >= 0.6 is 0 Å². The van der Waals surface area contributed by atoms with Gasteiger partial charge in [0.05, 0.1) is 5.75 Å². The van der Waals surface area contributed by atoms with E-state index >= 15 is 0 Å². The van der Waals surface area contributed by atoms with Gasteiger partial charge in [-0.1, -0.05) is 6.07 Å². The molecule has 1 aliphatic carbocycles. The monoisotopic (exact) mass is 432 g/mol. The van der Waals surface area contributed by atoms with E-state index in [9.17, 15) is 13.2 Å². The van der Waals surface area contributed by atoms with Crippen LogP contribution in [-0.4, -0.2) is 68.9 Å². The van der Waals surface area contributed by atoms with Gasteiger partial charge in [0.25, 0.3) is 5.91 Å². The van der Waals surface area contributed by atoms with Gasteiger partial charge in [0.2, 0.25) is 0 Å². The number of fused-ring (bicyclic) bond motifs is 1. The van der Waals surface area contributed by atoms with Gasteiger partial charge in [0.15, 0.2) is 5.76 Å². The molecule has 0 unspecified atom stereocenters. The van der Waals surface area contributed by atoms with Crippen molar-refractivity contribution in [1.82, 2.24) is 9.80 Å². The molecular weight excluding hydrogens is 404 g/mol. The molecule has 2 aliphatic rings. The van der Waals surface area contributed by atoms with Crippen molar-refractivity contribution in [2.45, 2.75) is 25.9 Å². The van der Waals surface area contributed by atoms with Crippen LogP contribution in [0.4, 0.5) is 0 Å². The first-order chi connectivity index (χ1) is 14.4. The number of hydrogen-bond acceptors (Lipinski definition) is 6. The third-order valence-corrected chi connectivity index (χ3v) is 6.69. The Morgan fingerprint density at radius 2 is 1.83 bits per heavy atom. The Labute approximate surface area is 177 Å². The number of carbonyl (C=O) groups excluding carboxylic acids is 1. The third kappa shape index (κ3) is 5.23. The third-order valence-electron chi connectivity index (χ3n) is 5.76. The van der Waals surface area contributed by atoms with E-state index in [1.165, 1.54) is 23.8 Å². The highest BCUT2D eigenvalue weighted by atomic mass is 32.2. The number of carbonyl (C=O) groups is 1. The number of hydrogen-bond donors (Lipinski definition) is 0. The number of piperazine rings is 1. The molecule has 0 radical (unpaired) electrons. The molecule has 2 aromatic rings. The molecule has 1 saturated heterocycles. The molecule has 0 bridgehead atoms. The summed E-state index contributed by atoms with van der Waals surface area (Å²) in [6, 6.07) is 9.69. The first-order valence-corrected chi connectivity index (χ1v) is 12.5. The zero-order chi connectivity index (χ0) is 21.1. The average Bonchev–Trinajstić information content (AvgIpc) is 3.39. The zero-order valence-electron chi connectivity index (χ0n) is 17.3. The summed E-state index contributed by atoms with van der Waals surface area (Å²) in [6.07, 6.45) is 4.70. The minimum atomic E-state index is -2.97. The molecule has 1 fully saturated rings. The Balaban J connectivity index is 1.27. The van der Waals surface area contributed by atoms with Gasteiger partial charge in [-0.15, -0.1) is 0 Å². The van der Waals surface area contributed by atoms with E-state index in [-0.39, 0.29) is 18.3 Å². The normalized spacial score (nSPS) is 17.2. The van der Waals surface area contributed by atoms with Crippen molar-refractivity contribution in [3.8, 4) is 5.75 Å². The first kappa shape index (κ1) is 20.9. The van der Waals surface area contributed by atoms with Crippen molar-refractivity contribution in [1.29, 1.82) is 0 Å². The van der Waals surface area contributed by atoms with Gasteiger partial charge in [-0.25, -0.2) is 8.42 Å². The van der Waals surface area contributed by atoms with Gasteiger partial charge < -0.3 is 14.1 Å². The molecule has 162 valence electrons. The van der Waals surface area contributed by atoms with E-state index in [2.05, 4.69) is 17.0 Å².